The van der Waals surface area contributed by atoms with Crippen LogP contribution in [0.5, 0.6) is 0 Å². The molecular weight excluding hydrogens is 356 g/mol. The third kappa shape index (κ3) is 2.92. The van der Waals surface area contributed by atoms with Crippen molar-refractivity contribution in [1.82, 2.24) is 0 Å². The van der Waals surface area contributed by atoms with E-state index < -0.39 is 0 Å². The van der Waals surface area contributed by atoms with Gasteiger partial charge in [0.2, 0.25) is 0 Å². The maximum absolute atomic E-state index is 9.11. The van der Waals surface area contributed by atoms with Crippen molar-refractivity contribution < 1.29 is 0 Å². The summed E-state index contributed by atoms with van der Waals surface area (Å²) >= 11 is 6.87. The Kier molecular flexibility index (Phi) is 4.05. The number of nitriles is 1. The van der Waals surface area contributed by atoms with E-state index in [1.807, 2.05) is 37.3 Å². The van der Waals surface area contributed by atoms with Gasteiger partial charge in [-0.15, -0.1) is 0 Å². The van der Waals surface area contributed by atoms with E-state index in [0.717, 1.165) is 20.3 Å². The van der Waals surface area contributed by atoms with Gasteiger partial charge < -0.3 is 5.32 Å². The number of aryl methyl sites for hydroxylation is 1. The van der Waals surface area contributed by atoms with Crippen LogP contribution >= 0.6 is 31.9 Å². The normalized spacial score (nSPS) is 9.89. The molecule has 0 aliphatic carbocycles. The maximum Gasteiger partial charge on any atom is 0.101 e. The minimum Gasteiger partial charge on any atom is -0.354 e. The fourth-order valence-corrected chi connectivity index (χ4v) is 2.54. The minimum absolute atomic E-state index is 0.608. The molecule has 0 saturated heterocycles. The first-order valence-corrected chi connectivity index (χ1v) is 6.91. The van der Waals surface area contributed by atoms with E-state index in [1.165, 1.54) is 5.56 Å². The number of anilines is 2. The molecule has 0 bridgehead atoms. The highest BCUT2D eigenvalue weighted by molar-refractivity contribution is 9.10. The van der Waals surface area contributed by atoms with E-state index in [0.29, 0.717) is 5.56 Å². The van der Waals surface area contributed by atoms with E-state index in [4.69, 9.17) is 5.26 Å². The third-order valence-electron chi connectivity index (χ3n) is 2.50. The van der Waals surface area contributed by atoms with Crippen LogP contribution < -0.4 is 5.32 Å². The molecule has 0 amide bonds. The second-order valence-electron chi connectivity index (χ2n) is 3.91. The molecule has 2 nitrogen and oxygen atoms in total. The molecule has 0 heterocycles. The Morgan fingerprint density at radius 1 is 1.06 bits per heavy atom. The lowest BCUT2D eigenvalue weighted by Gasteiger charge is -2.11. The second-order valence-corrected chi connectivity index (χ2v) is 5.68. The molecule has 0 unspecified atom stereocenters. The molecule has 4 heteroatoms. The van der Waals surface area contributed by atoms with Crippen molar-refractivity contribution in [2.75, 3.05) is 5.32 Å². The number of nitrogens with zero attached hydrogens (tertiary/aromatic N) is 1. The number of benzene rings is 2. The molecule has 1 N–H and O–H groups in total. The number of halogens is 2. The Morgan fingerprint density at radius 2 is 1.78 bits per heavy atom. The van der Waals surface area contributed by atoms with Crippen LogP contribution in [0.4, 0.5) is 11.4 Å². The van der Waals surface area contributed by atoms with Gasteiger partial charge in [0.05, 0.1) is 16.9 Å². The van der Waals surface area contributed by atoms with Gasteiger partial charge in [-0.3, -0.25) is 0 Å². The predicted molar refractivity (Wildman–Crippen MR) is 81.0 cm³/mol. The SMILES string of the molecule is Cc1ccc(Nc2ccc(Br)cc2C#N)c(Br)c1. The maximum atomic E-state index is 9.11. The van der Waals surface area contributed by atoms with Crippen molar-refractivity contribution in [2.45, 2.75) is 6.92 Å². The van der Waals surface area contributed by atoms with Gasteiger partial charge in [0.25, 0.3) is 0 Å². The summed E-state index contributed by atoms with van der Waals surface area (Å²) in [6.45, 7) is 2.04. The molecule has 90 valence electrons. The van der Waals surface area contributed by atoms with Crippen LogP contribution in [0, 0.1) is 18.3 Å². The molecule has 2 aromatic rings. The lowest BCUT2D eigenvalue weighted by molar-refractivity contribution is 1.41. The highest BCUT2D eigenvalue weighted by Crippen LogP contribution is 2.29. The molecule has 0 atom stereocenters. The molecule has 2 rings (SSSR count). The zero-order chi connectivity index (χ0) is 13.1. The molecule has 2 aromatic carbocycles. The summed E-state index contributed by atoms with van der Waals surface area (Å²) in [5.41, 5.74) is 3.53. The molecular formula is C14H10Br2N2. The van der Waals surface area contributed by atoms with Crippen molar-refractivity contribution >= 4 is 43.2 Å². The Hall–Kier alpha value is -1.31. The van der Waals surface area contributed by atoms with E-state index in [-0.39, 0.29) is 0 Å². The third-order valence-corrected chi connectivity index (χ3v) is 3.65. The van der Waals surface area contributed by atoms with Crippen LogP contribution in [0.25, 0.3) is 0 Å². The van der Waals surface area contributed by atoms with Crippen molar-refractivity contribution in [3.63, 3.8) is 0 Å². The van der Waals surface area contributed by atoms with E-state index in [1.54, 1.807) is 6.07 Å². The lowest BCUT2D eigenvalue weighted by atomic mass is 10.1. The van der Waals surface area contributed by atoms with Crippen molar-refractivity contribution in [1.29, 1.82) is 5.26 Å². The summed E-state index contributed by atoms with van der Waals surface area (Å²) in [7, 11) is 0. The Bertz CT molecular complexity index is 630. The van der Waals surface area contributed by atoms with Crippen molar-refractivity contribution in [2.24, 2.45) is 0 Å². The zero-order valence-corrected chi connectivity index (χ0v) is 12.8. The topological polar surface area (TPSA) is 35.8 Å². The molecule has 0 aliphatic rings. The fourth-order valence-electron chi connectivity index (χ4n) is 1.58. The lowest BCUT2D eigenvalue weighted by Crippen LogP contribution is -1.94. The quantitative estimate of drug-likeness (QED) is 0.800. The molecule has 0 radical (unpaired) electrons. The number of rotatable bonds is 2. The van der Waals surface area contributed by atoms with Gasteiger partial charge in [0, 0.05) is 8.95 Å². The summed E-state index contributed by atoms with van der Waals surface area (Å²) in [4.78, 5) is 0. The van der Waals surface area contributed by atoms with E-state index in [9.17, 15) is 0 Å². The average Bonchev–Trinajstić information content (AvgIpc) is 2.34. The first-order chi connectivity index (χ1) is 8.60. The second kappa shape index (κ2) is 5.55. The highest BCUT2D eigenvalue weighted by atomic mass is 79.9. The average molecular weight is 366 g/mol. The summed E-state index contributed by atoms with van der Waals surface area (Å²) in [6.07, 6.45) is 0. The first-order valence-electron chi connectivity index (χ1n) is 5.33. The summed E-state index contributed by atoms with van der Waals surface area (Å²) in [6, 6.07) is 13.8. The van der Waals surface area contributed by atoms with Crippen LogP contribution in [-0.2, 0) is 0 Å². The minimum atomic E-state index is 0.608. The summed E-state index contributed by atoms with van der Waals surface area (Å²) in [5, 5.41) is 12.4. The number of hydrogen-bond donors (Lipinski definition) is 1. The van der Waals surface area contributed by atoms with Crippen LogP contribution in [0.2, 0.25) is 0 Å². The Balaban J connectivity index is 2.37. The standard InChI is InChI=1S/C14H10Br2N2/c1-9-2-4-14(12(16)6-9)18-13-5-3-11(15)7-10(13)8-17/h2-7,18H,1H3. The first kappa shape index (κ1) is 13.1. The monoisotopic (exact) mass is 364 g/mol. The van der Waals surface area contributed by atoms with E-state index in [2.05, 4.69) is 43.2 Å². The molecule has 0 aliphatic heterocycles. The molecule has 0 saturated carbocycles. The molecule has 0 fully saturated rings. The van der Waals surface area contributed by atoms with Crippen LogP contribution in [0.1, 0.15) is 11.1 Å². The largest absolute Gasteiger partial charge is 0.354 e. The Labute approximate surface area is 123 Å². The van der Waals surface area contributed by atoms with Gasteiger partial charge in [0.1, 0.15) is 6.07 Å². The van der Waals surface area contributed by atoms with Gasteiger partial charge in [0.15, 0.2) is 0 Å². The number of hydrogen-bond acceptors (Lipinski definition) is 2. The summed E-state index contributed by atoms with van der Waals surface area (Å²) in [5.74, 6) is 0. The fraction of sp³-hybridized carbons (Fsp3) is 0.0714. The van der Waals surface area contributed by atoms with E-state index >= 15 is 0 Å². The molecule has 0 aromatic heterocycles. The Morgan fingerprint density at radius 3 is 2.44 bits per heavy atom. The molecule has 0 spiro atoms. The highest BCUT2D eigenvalue weighted by Gasteiger charge is 2.05. The number of nitrogens with one attached hydrogen (secondary N) is 1. The smallest absolute Gasteiger partial charge is 0.101 e. The van der Waals surface area contributed by atoms with Gasteiger partial charge in [-0.2, -0.15) is 5.26 Å². The van der Waals surface area contributed by atoms with Gasteiger partial charge in [-0.25, -0.2) is 0 Å². The van der Waals surface area contributed by atoms with Crippen molar-refractivity contribution in [3.8, 4) is 6.07 Å². The van der Waals surface area contributed by atoms with Crippen LogP contribution in [-0.4, -0.2) is 0 Å². The van der Waals surface area contributed by atoms with Gasteiger partial charge in [-0.05, 0) is 58.7 Å². The van der Waals surface area contributed by atoms with Crippen molar-refractivity contribution in [3.05, 3.63) is 56.5 Å². The summed E-state index contributed by atoms with van der Waals surface area (Å²) < 4.78 is 1.88. The van der Waals surface area contributed by atoms with Gasteiger partial charge >= 0.3 is 0 Å². The predicted octanol–water partition coefficient (Wildman–Crippen LogP) is 5.14. The van der Waals surface area contributed by atoms with Gasteiger partial charge in [-0.1, -0.05) is 22.0 Å². The van der Waals surface area contributed by atoms with Crippen LogP contribution in [0.15, 0.2) is 45.3 Å². The van der Waals surface area contributed by atoms with Crippen LogP contribution in [0.3, 0.4) is 0 Å². The zero-order valence-electron chi connectivity index (χ0n) is 9.67. The molecule has 18 heavy (non-hydrogen) atoms.